The number of hydrogen-bond donors (Lipinski definition) is 2. The van der Waals surface area contributed by atoms with Gasteiger partial charge in [0.15, 0.2) is 0 Å². The highest BCUT2D eigenvalue weighted by Crippen LogP contribution is 2.17. The first-order valence-corrected chi connectivity index (χ1v) is 6.81. The van der Waals surface area contributed by atoms with Crippen molar-refractivity contribution in [3.63, 3.8) is 0 Å². The Kier molecular flexibility index (Phi) is 4.61. The summed E-state index contributed by atoms with van der Waals surface area (Å²) >= 11 is 5.85. The van der Waals surface area contributed by atoms with Crippen molar-refractivity contribution in [2.45, 2.75) is 25.8 Å². The summed E-state index contributed by atoms with van der Waals surface area (Å²) in [4.78, 5) is 12.1. The molecule has 1 aliphatic rings. The van der Waals surface area contributed by atoms with E-state index < -0.39 is 0 Å². The number of nitrogens with one attached hydrogen (secondary N) is 2. The van der Waals surface area contributed by atoms with Crippen LogP contribution in [0.25, 0.3) is 0 Å². The van der Waals surface area contributed by atoms with E-state index in [0.717, 1.165) is 31.5 Å². The van der Waals surface area contributed by atoms with Crippen molar-refractivity contribution < 1.29 is 4.79 Å². The van der Waals surface area contributed by atoms with Gasteiger partial charge in [-0.15, -0.1) is 0 Å². The van der Waals surface area contributed by atoms with Gasteiger partial charge in [0.1, 0.15) is 0 Å². The van der Waals surface area contributed by atoms with Gasteiger partial charge < -0.3 is 10.6 Å². The molecule has 4 heteroatoms. The zero-order chi connectivity index (χ0) is 13.0. The lowest BCUT2D eigenvalue weighted by molar-refractivity contribution is -0.126. The monoisotopic (exact) mass is 266 g/mol. The lowest BCUT2D eigenvalue weighted by Crippen LogP contribution is -2.41. The maximum atomic E-state index is 12.1. The van der Waals surface area contributed by atoms with Crippen LogP contribution in [0.2, 0.25) is 5.02 Å². The van der Waals surface area contributed by atoms with Gasteiger partial charge in [0.25, 0.3) is 0 Å². The zero-order valence-corrected chi connectivity index (χ0v) is 11.3. The molecule has 2 atom stereocenters. The van der Waals surface area contributed by atoms with E-state index in [9.17, 15) is 4.79 Å². The van der Waals surface area contributed by atoms with Crippen LogP contribution in [0.15, 0.2) is 24.3 Å². The smallest absolute Gasteiger partial charge is 0.224 e. The molecule has 98 valence electrons. The molecular formula is C14H19ClN2O. The minimum atomic E-state index is 0.0247. The minimum absolute atomic E-state index is 0.0247. The zero-order valence-electron chi connectivity index (χ0n) is 10.6. The third kappa shape index (κ3) is 3.47. The molecule has 1 fully saturated rings. The Hall–Kier alpha value is -1.06. The van der Waals surface area contributed by atoms with Gasteiger partial charge in [-0.25, -0.2) is 0 Å². The normalized spacial score (nSPS) is 21.3. The highest BCUT2D eigenvalue weighted by Gasteiger charge is 2.22. The van der Waals surface area contributed by atoms with Crippen molar-refractivity contribution in [1.82, 2.24) is 10.6 Å². The molecular weight excluding hydrogens is 248 g/mol. The largest absolute Gasteiger partial charge is 0.349 e. The molecule has 1 aliphatic heterocycles. The van der Waals surface area contributed by atoms with E-state index in [-0.39, 0.29) is 17.9 Å². The second-order valence-electron chi connectivity index (χ2n) is 4.83. The van der Waals surface area contributed by atoms with E-state index in [1.165, 1.54) is 0 Å². The van der Waals surface area contributed by atoms with Crippen LogP contribution in [0.1, 0.15) is 31.4 Å². The minimum Gasteiger partial charge on any atom is -0.349 e. The number of carbonyl (C=O) groups excluding carboxylic acids is 1. The lowest BCUT2D eigenvalue weighted by atomic mass is 9.98. The highest BCUT2D eigenvalue weighted by atomic mass is 35.5. The van der Waals surface area contributed by atoms with Crippen molar-refractivity contribution in [2.75, 3.05) is 13.1 Å². The van der Waals surface area contributed by atoms with Gasteiger partial charge in [0.2, 0.25) is 5.91 Å². The molecule has 1 heterocycles. The molecule has 3 nitrogen and oxygen atoms in total. The highest BCUT2D eigenvalue weighted by molar-refractivity contribution is 6.30. The maximum Gasteiger partial charge on any atom is 0.224 e. The lowest BCUT2D eigenvalue weighted by Gasteiger charge is -2.24. The quantitative estimate of drug-likeness (QED) is 0.883. The second-order valence-corrected chi connectivity index (χ2v) is 5.26. The second kappa shape index (κ2) is 6.21. The molecule has 18 heavy (non-hydrogen) atoms. The Morgan fingerprint density at radius 1 is 1.44 bits per heavy atom. The van der Waals surface area contributed by atoms with Gasteiger partial charge >= 0.3 is 0 Å². The summed E-state index contributed by atoms with van der Waals surface area (Å²) in [5.74, 6) is 0.248. The third-order valence-electron chi connectivity index (χ3n) is 3.40. The van der Waals surface area contributed by atoms with Gasteiger partial charge in [-0.05, 0) is 44.0 Å². The van der Waals surface area contributed by atoms with Crippen molar-refractivity contribution in [3.8, 4) is 0 Å². The van der Waals surface area contributed by atoms with Gasteiger partial charge in [-0.2, -0.15) is 0 Å². The summed E-state index contributed by atoms with van der Waals surface area (Å²) in [7, 11) is 0. The van der Waals surface area contributed by atoms with Gasteiger partial charge in [0.05, 0.1) is 12.0 Å². The first kappa shape index (κ1) is 13.4. The molecule has 1 saturated heterocycles. The topological polar surface area (TPSA) is 41.1 Å². The van der Waals surface area contributed by atoms with Crippen LogP contribution in [0.4, 0.5) is 0 Å². The van der Waals surface area contributed by atoms with Crippen molar-refractivity contribution in [3.05, 3.63) is 34.9 Å². The average molecular weight is 267 g/mol. The molecule has 1 unspecified atom stereocenters. The predicted octanol–water partition coefficient (Wildman–Crippen LogP) is 2.52. The summed E-state index contributed by atoms with van der Waals surface area (Å²) in [6.07, 6.45) is 2.06. The molecule has 2 N–H and O–H groups in total. The molecule has 0 saturated carbocycles. The van der Waals surface area contributed by atoms with E-state index in [1.54, 1.807) is 0 Å². The maximum absolute atomic E-state index is 12.1. The molecule has 1 aromatic rings. The van der Waals surface area contributed by atoms with Crippen molar-refractivity contribution in [2.24, 2.45) is 5.92 Å². The van der Waals surface area contributed by atoms with E-state index in [1.807, 2.05) is 31.2 Å². The number of piperidine rings is 1. The van der Waals surface area contributed by atoms with Crippen LogP contribution in [-0.2, 0) is 4.79 Å². The summed E-state index contributed by atoms with van der Waals surface area (Å²) in [6, 6.07) is 7.62. The molecule has 2 rings (SSSR count). The molecule has 0 aromatic heterocycles. The van der Waals surface area contributed by atoms with E-state index >= 15 is 0 Å². The van der Waals surface area contributed by atoms with Crippen LogP contribution < -0.4 is 10.6 Å². The van der Waals surface area contributed by atoms with Gasteiger partial charge in [-0.1, -0.05) is 23.7 Å². The molecule has 1 amide bonds. The first-order chi connectivity index (χ1) is 8.66. The van der Waals surface area contributed by atoms with E-state index in [2.05, 4.69) is 10.6 Å². The van der Waals surface area contributed by atoms with E-state index in [0.29, 0.717) is 5.02 Å². The Bertz CT molecular complexity index is 399. The number of rotatable bonds is 3. The van der Waals surface area contributed by atoms with E-state index in [4.69, 9.17) is 11.6 Å². The van der Waals surface area contributed by atoms with Gasteiger partial charge in [0, 0.05) is 11.6 Å². The fourth-order valence-corrected chi connectivity index (χ4v) is 2.37. The SMILES string of the molecule is C[C@@H](NC(=O)C1CCCNC1)c1ccc(Cl)cc1. The standard InChI is InChI=1S/C14H19ClN2O/c1-10(11-4-6-13(15)7-5-11)17-14(18)12-3-2-8-16-9-12/h4-7,10,12,16H,2-3,8-9H2,1H3,(H,17,18)/t10-,12?/m1/s1. The Morgan fingerprint density at radius 2 is 2.17 bits per heavy atom. The number of carbonyl (C=O) groups is 1. The van der Waals surface area contributed by atoms with Crippen molar-refractivity contribution in [1.29, 1.82) is 0 Å². The summed E-state index contributed by atoms with van der Waals surface area (Å²) in [5, 5.41) is 7.04. The Balaban J connectivity index is 1.91. The average Bonchev–Trinajstić information content (AvgIpc) is 2.40. The molecule has 0 aliphatic carbocycles. The van der Waals surface area contributed by atoms with Crippen LogP contribution in [0, 0.1) is 5.92 Å². The Morgan fingerprint density at radius 3 is 2.78 bits per heavy atom. The third-order valence-corrected chi connectivity index (χ3v) is 3.65. The van der Waals surface area contributed by atoms with Crippen LogP contribution in [0.3, 0.4) is 0 Å². The first-order valence-electron chi connectivity index (χ1n) is 6.43. The molecule has 1 aromatic carbocycles. The number of halogens is 1. The van der Waals surface area contributed by atoms with Crippen LogP contribution in [0.5, 0.6) is 0 Å². The summed E-state index contributed by atoms with van der Waals surface area (Å²) < 4.78 is 0. The predicted molar refractivity (Wildman–Crippen MR) is 73.6 cm³/mol. The van der Waals surface area contributed by atoms with Crippen LogP contribution >= 0.6 is 11.6 Å². The molecule has 0 radical (unpaired) electrons. The number of amides is 1. The number of hydrogen-bond acceptors (Lipinski definition) is 2. The van der Waals surface area contributed by atoms with Gasteiger partial charge in [-0.3, -0.25) is 4.79 Å². The fourth-order valence-electron chi connectivity index (χ4n) is 2.24. The number of benzene rings is 1. The fraction of sp³-hybridized carbons (Fsp3) is 0.500. The summed E-state index contributed by atoms with van der Waals surface area (Å²) in [6.45, 7) is 3.81. The van der Waals surface area contributed by atoms with Crippen molar-refractivity contribution >= 4 is 17.5 Å². The summed E-state index contributed by atoms with van der Waals surface area (Å²) in [5.41, 5.74) is 1.08. The van der Waals surface area contributed by atoms with Crippen LogP contribution in [-0.4, -0.2) is 19.0 Å². The molecule has 0 spiro atoms. The Labute approximate surface area is 113 Å². The molecule has 0 bridgehead atoms.